The van der Waals surface area contributed by atoms with E-state index >= 15 is 0 Å². The Balaban J connectivity index is 2.13. The average Bonchev–Trinajstić information content (AvgIpc) is 2.81. The highest BCUT2D eigenvalue weighted by Crippen LogP contribution is 2.31. The molecule has 12 heteroatoms. The fourth-order valence-electron chi connectivity index (χ4n) is 3.41. The van der Waals surface area contributed by atoms with Crippen LogP contribution in [0.25, 0.3) is 0 Å². The quantitative estimate of drug-likeness (QED) is 0.241. The molecule has 210 valence electrons. The highest BCUT2D eigenvalue weighted by atomic mass is 79.9. The van der Waals surface area contributed by atoms with Gasteiger partial charge in [0.1, 0.15) is 22.9 Å². The molecule has 1 atom stereocenters. The maximum Gasteiger partial charge on any atom is 0.471 e. The fraction of sp³-hybridized carbons (Fsp3) is 0.250. The first kappa shape index (κ1) is 30.6. The number of nitrogens with one attached hydrogen (secondary N) is 2. The van der Waals surface area contributed by atoms with Crippen LogP contribution >= 0.6 is 15.9 Å². The zero-order chi connectivity index (χ0) is 29.7. The van der Waals surface area contributed by atoms with Gasteiger partial charge in [-0.2, -0.15) is 13.2 Å². The third kappa shape index (κ3) is 9.05. The summed E-state index contributed by atoms with van der Waals surface area (Å²) in [5.74, 6) is 1.48. The molecule has 3 aromatic rings. The number of benzene rings is 2. The molecule has 0 radical (unpaired) electrons. The normalized spacial score (nSPS) is 12.1. The van der Waals surface area contributed by atoms with E-state index in [1.165, 1.54) is 0 Å². The number of halogens is 6. The number of ether oxygens (including phenoxy) is 1. The number of alkyl halides is 3. The second-order valence-electron chi connectivity index (χ2n) is 9.50. The number of carbonyl (C=O) groups excluding carboxylic acids is 2. The number of hydrogen-bond donors (Lipinski definition) is 2. The Labute approximate surface area is 235 Å². The largest absolute Gasteiger partial charge is 0.471 e. The second kappa shape index (κ2) is 12.5. The Morgan fingerprint density at radius 2 is 1.62 bits per heavy atom. The molecule has 1 heterocycles. The van der Waals surface area contributed by atoms with Crippen LogP contribution in [0.3, 0.4) is 0 Å². The van der Waals surface area contributed by atoms with E-state index in [1.54, 1.807) is 56.4 Å². The van der Waals surface area contributed by atoms with Crippen LogP contribution in [0.5, 0.6) is 0 Å². The molecule has 3 rings (SSSR count). The number of aromatic nitrogens is 1. The van der Waals surface area contributed by atoms with Crippen LogP contribution in [0.15, 0.2) is 59.1 Å². The summed E-state index contributed by atoms with van der Waals surface area (Å²) in [7, 11) is 0. The van der Waals surface area contributed by atoms with Crippen LogP contribution in [-0.4, -0.2) is 28.8 Å². The summed E-state index contributed by atoms with van der Waals surface area (Å²) in [5.41, 5.74) is -0.769. The molecule has 6 nitrogen and oxygen atoms in total. The summed E-state index contributed by atoms with van der Waals surface area (Å²) in [6.07, 6.45) is -6.24. The van der Waals surface area contributed by atoms with Gasteiger partial charge in [-0.1, -0.05) is 24.1 Å². The van der Waals surface area contributed by atoms with E-state index in [0.29, 0.717) is 11.6 Å². The summed E-state index contributed by atoms with van der Waals surface area (Å²) in [5, 5.41) is 4.35. The maximum absolute atomic E-state index is 13.9. The van der Waals surface area contributed by atoms with Crippen molar-refractivity contribution in [3.05, 3.63) is 93.2 Å². The van der Waals surface area contributed by atoms with Gasteiger partial charge in [0.25, 0.3) is 0 Å². The second-order valence-corrected chi connectivity index (χ2v) is 10.4. The lowest BCUT2D eigenvalue weighted by Crippen LogP contribution is -2.36. The minimum Gasteiger partial charge on any atom is -0.444 e. The lowest BCUT2D eigenvalue weighted by molar-refractivity contribution is -0.167. The zero-order valence-electron chi connectivity index (χ0n) is 21.4. The van der Waals surface area contributed by atoms with Crippen molar-refractivity contribution < 1.29 is 36.3 Å². The zero-order valence-corrected chi connectivity index (χ0v) is 23.0. The van der Waals surface area contributed by atoms with Crippen LogP contribution < -0.4 is 10.6 Å². The predicted octanol–water partition coefficient (Wildman–Crippen LogP) is 6.83. The molecule has 0 aliphatic rings. The van der Waals surface area contributed by atoms with Crippen molar-refractivity contribution in [1.29, 1.82) is 0 Å². The van der Waals surface area contributed by atoms with Gasteiger partial charge >= 0.3 is 18.2 Å². The molecule has 2 aromatic carbocycles. The van der Waals surface area contributed by atoms with Gasteiger partial charge in [0.15, 0.2) is 0 Å². The van der Waals surface area contributed by atoms with E-state index < -0.39 is 41.5 Å². The summed E-state index contributed by atoms with van der Waals surface area (Å²) >= 11 is 3.23. The van der Waals surface area contributed by atoms with Gasteiger partial charge in [-0.3, -0.25) is 4.79 Å². The minimum atomic E-state index is -5.18. The first-order chi connectivity index (χ1) is 18.6. The molecule has 40 heavy (non-hydrogen) atoms. The minimum absolute atomic E-state index is 0.0536. The molecular weight excluding hydrogens is 601 g/mol. The smallest absolute Gasteiger partial charge is 0.444 e. The number of carbonyl (C=O) groups is 2. The van der Waals surface area contributed by atoms with Crippen molar-refractivity contribution in [3.8, 4) is 11.8 Å². The monoisotopic (exact) mass is 623 g/mol. The average molecular weight is 624 g/mol. The molecule has 0 aliphatic heterocycles. The third-order valence-electron chi connectivity index (χ3n) is 4.99. The van der Waals surface area contributed by atoms with Crippen LogP contribution in [0.1, 0.15) is 49.3 Å². The van der Waals surface area contributed by atoms with Gasteiger partial charge in [0.2, 0.25) is 0 Å². The van der Waals surface area contributed by atoms with Gasteiger partial charge in [-0.25, -0.2) is 18.6 Å². The Morgan fingerprint density at radius 3 is 2.20 bits per heavy atom. The van der Waals surface area contributed by atoms with E-state index in [0.717, 1.165) is 18.2 Å². The number of anilines is 1. The molecule has 2 N–H and O–H groups in total. The predicted molar refractivity (Wildman–Crippen MR) is 141 cm³/mol. The first-order valence-electron chi connectivity index (χ1n) is 11.7. The van der Waals surface area contributed by atoms with E-state index in [1.807, 2.05) is 0 Å². The SMILES string of the molecule is CC(C)(C)OC(=O)N[C@@H](Cc1cc(F)cc(F)c1)c1nc(C#Cc2ccccc2)c(NC(=O)C(F)(F)F)cc1Br. The number of rotatable bonds is 5. The lowest BCUT2D eigenvalue weighted by atomic mass is 10.0. The summed E-state index contributed by atoms with van der Waals surface area (Å²) in [4.78, 5) is 28.7. The van der Waals surface area contributed by atoms with Crippen molar-refractivity contribution in [2.75, 3.05) is 5.32 Å². The van der Waals surface area contributed by atoms with Crippen molar-refractivity contribution in [2.45, 2.75) is 45.0 Å². The first-order valence-corrected chi connectivity index (χ1v) is 12.5. The Morgan fingerprint density at radius 1 is 1.00 bits per heavy atom. The number of nitrogens with zero attached hydrogens (tertiary/aromatic N) is 1. The van der Waals surface area contributed by atoms with Gasteiger partial charge in [0, 0.05) is 16.1 Å². The Hall–Kier alpha value is -3.98. The molecule has 0 unspecified atom stereocenters. The molecule has 2 amide bonds. The molecule has 0 fully saturated rings. The lowest BCUT2D eigenvalue weighted by Gasteiger charge is -2.24. The number of amides is 2. The van der Waals surface area contributed by atoms with E-state index in [4.69, 9.17) is 4.74 Å². The maximum atomic E-state index is 13.9. The highest BCUT2D eigenvalue weighted by molar-refractivity contribution is 9.10. The van der Waals surface area contributed by atoms with Crippen molar-refractivity contribution in [1.82, 2.24) is 10.3 Å². The van der Waals surface area contributed by atoms with E-state index in [-0.39, 0.29) is 33.5 Å². The summed E-state index contributed by atoms with van der Waals surface area (Å²) in [6, 6.07) is 11.3. The fourth-order valence-corrected chi connectivity index (χ4v) is 4.01. The van der Waals surface area contributed by atoms with Crippen LogP contribution in [0.4, 0.5) is 32.4 Å². The number of pyridine rings is 1. The van der Waals surface area contributed by atoms with Gasteiger partial charge < -0.3 is 15.4 Å². The summed E-state index contributed by atoms with van der Waals surface area (Å²) < 4.78 is 72.2. The molecule has 0 aliphatic carbocycles. The molecule has 0 bridgehead atoms. The van der Waals surface area contributed by atoms with E-state index in [2.05, 4.69) is 38.1 Å². The Bertz CT molecular complexity index is 1440. The van der Waals surface area contributed by atoms with Gasteiger partial charge in [0.05, 0.1) is 17.4 Å². The Kier molecular flexibility index (Phi) is 9.52. The topological polar surface area (TPSA) is 80.3 Å². The standard InChI is InChI=1S/C28H23BrF5N3O3/c1-27(2,3)40-26(39)37-23(13-17-11-18(30)14-19(31)12-17)24-20(29)15-22(36-25(38)28(32,33)34)21(35-24)10-9-16-7-5-4-6-8-16/h4-8,11-12,14-15,23H,13H2,1-3H3,(H,36,38)(H,37,39)/t23-/m0/s1. The van der Waals surface area contributed by atoms with Crippen LogP contribution in [-0.2, 0) is 16.0 Å². The van der Waals surface area contributed by atoms with Crippen molar-refractivity contribution >= 4 is 33.6 Å². The molecule has 0 spiro atoms. The van der Waals surface area contributed by atoms with Crippen molar-refractivity contribution in [3.63, 3.8) is 0 Å². The van der Waals surface area contributed by atoms with Gasteiger partial charge in [-0.05, 0) is 84.9 Å². The molecule has 1 aromatic heterocycles. The van der Waals surface area contributed by atoms with Crippen LogP contribution in [0, 0.1) is 23.5 Å². The molecule has 0 saturated heterocycles. The summed E-state index contributed by atoms with van der Waals surface area (Å²) in [6.45, 7) is 4.90. The highest BCUT2D eigenvalue weighted by Gasteiger charge is 2.39. The van der Waals surface area contributed by atoms with E-state index in [9.17, 15) is 31.5 Å². The van der Waals surface area contributed by atoms with Gasteiger partial charge in [-0.15, -0.1) is 0 Å². The molecule has 0 saturated carbocycles. The van der Waals surface area contributed by atoms with Crippen LogP contribution in [0.2, 0.25) is 0 Å². The molecular formula is C28H23BrF5N3O3. The van der Waals surface area contributed by atoms with Crippen molar-refractivity contribution in [2.24, 2.45) is 0 Å². The third-order valence-corrected chi connectivity index (χ3v) is 5.63. The number of hydrogen-bond acceptors (Lipinski definition) is 4. The number of alkyl carbamates (subject to hydrolysis) is 1.